The fourth-order valence-corrected chi connectivity index (χ4v) is 3.57. The van der Waals surface area contributed by atoms with Gasteiger partial charge in [0.2, 0.25) is 0 Å². The van der Waals surface area contributed by atoms with Gasteiger partial charge in [0, 0.05) is 14.2 Å². The fraction of sp³-hybridized carbons (Fsp3) is 0.111. The van der Waals surface area contributed by atoms with Gasteiger partial charge in [-0.2, -0.15) is 0 Å². The molecule has 0 amide bonds. The summed E-state index contributed by atoms with van der Waals surface area (Å²) >= 11 is 6.88. The SMILES string of the molecule is NC(c1cccs1)c1sccc1Br. The number of rotatable bonds is 2. The molecule has 0 aliphatic carbocycles. The fourth-order valence-electron chi connectivity index (χ4n) is 1.12. The van der Waals surface area contributed by atoms with E-state index in [2.05, 4.69) is 27.4 Å². The van der Waals surface area contributed by atoms with Crippen LogP contribution in [0.3, 0.4) is 0 Å². The molecule has 2 heterocycles. The van der Waals surface area contributed by atoms with Gasteiger partial charge >= 0.3 is 0 Å². The molecule has 0 fully saturated rings. The summed E-state index contributed by atoms with van der Waals surface area (Å²) in [4.78, 5) is 2.41. The van der Waals surface area contributed by atoms with Crippen LogP contribution in [0, 0.1) is 0 Å². The second kappa shape index (κ2) is 3.92. The zero-order valence-electron chi connectivity index (χ0n) is 6.74. The van der Waals surface area contributed by atoms with E-state index in [4.69, 9.17) is 5.73 Å². The molecule has 1 atom stereocenters. The summed E-state index contributed by atoms with van der Waals surface area (Å²) in [5.74, 6) is 0. The van der Waals surface area contributed by atoms with Crippen molar-refractivity contribution in [2.24, 2.45) is 5.73 Å². The van der Waals surface area contributed by atoms with Gasteiger partial charge in [-0.15, -0.1) is 22.7 Å². The van der Waals surface area contributed by atoms with Crippen molar-refractivity contribution in [2.45, 2.75) is 6.04 Å². The lowest BCUT2D eigenvalue weighted by Crippen LogP contribution is -2.08. The summed E-state index contributed by atoms with van der Waals surface area (Å²) in [5.41, 5.74) is 6.10. The number of halogens is 1. The summed E-state index contributed by atoms with van der Waals surface area (Å²) in [6, 6.07) is 6.16. The van der Waals surface area contributed by atoms with Crippen LogP contribution in [0.2, 0.25) is 0 Å². The van der Waals surface area contributed by atoms with Crippen molar-refractivity contribution < 1.29 is 0 Å². The van der Waals surface area contributed by atoms with E-state index >= 15 is 0 Å². The van der Waals surface area contributed by atoms with Gasteiger partial charge in [0.25, 0.3) is 0 Å². The lowest BCUT2D eigenvalue weighted by Gasteiger charge is -2.07. The molecular formula is C9H8BrNS2. The minimum atomic E-state index is 0.0226. The Balaban J connectivity index is 2.33. The van der Waals surface area contributed by atoms with Gasteiger partial charge in [-0.25, -0.2) is 0 Å². The smallest absolute Gasteiger partial charge is 0.0751 e. The van der Waals surface area contributed by atoms with Gasteiger partial charge in [0.15, 0.2) is 0 Å². The predicted molar refractivity (Wildman–Crippen MR) is 62.4 cm³/mol. The van der Waals surface area contributed by atoms with Gasteiger partial charge in [0.1, 0.15) is 0 Å². The average molecular weight is 274 g/mol. The molecule has 0 saturated carbocycles. The van der Waals surface area contributed by atoms with Crippen molar-refractivity contribution in [3.63, 3.8) is 0 Å². The second-order valence-electron chi connectivity index (χ2n) is 2.63. The van der Waals surface area contributed by atoms with Gasteiger partial charge in [-0.3, -0.25) is 0 Å². The maximum absolute atomic E-state index is 6.10. The summed E-state index contributed by atoms with van der Waals surface area (Å²) in [5, 5.41) is 4.10. The lowest BCUT2D eigenvalue weighted by atomic mass is 10.2. The Hall–Kier alpha value is -0.160. The third-order valence-corrected chi connectivity index (χ3v) is 4.69. The molecule has 2 N–H and O–H groups in total. The van der Waals surface area contributed by atoms with E-state index in [9.17, 15) is 0 Å². The molecule has 0 aliphatic heterocycles. The first-order valence-corrected chi connectivity index (χ1v) is 6.36. The number of hydrogen-bond acceptors (Lipinski definition) is 3. The Kier molecular flexibility index (Phi) is 2.83. The lowest BCUT2D eigenvalue weighted by molar-refractivity contribution is 0.912. The normalized spacial score (nSPS) is 13.1. The molecule has 1 nitrogen and oxygen atoms in total. The zero-order chi connectivity index (χ0) is 9.26. The van der Waals surface area contributed by atoms with Crippen molar-refractivity contribution in [1.82, 2.24) is 0 Å². The van der Waals surface area contributed by atoms with Crippen LogP contribution in [0.4, 0.5) is 0 Å². The van der Waals surface area contributed by atoms with Gasteiger partial charge in [-0.05, 0) is 38.8 Å². The summed E-state index contributed by atoms with van der Waals surface area (Å²) < 4.78 is 1.11. The highest BCUT2D eigenvalue weighted by Gasteiger charge is 2.13. The molecule has 13 heavy (non-hydrogen) atoms. The molecule has 0 bridgehead atoms. The molecule has 2 aromatic heterocycles. The average Bonchev–Trinajstić information content (AvgIpc) is 2.72. The van der Waals surface area contributed by atoms with Crippen LogP contribution in [-0.4, -0.2) is 0 Å². The molecule has 0 spiro atoms. The van der Waals surface area contributed by atoms with Crippen LogP contribution in [-0.2, 0) is 0 Å². The maximum Gasteiger partial charge on any atom is 0.0751 e. The van der Waals surface area contributed by atoms with E-state index in [-0.39, 0.29) is 6.04 Å². The van der Waals surface area contributed by atoms with E-state index in [1.54, 1.807) is 22.7 Å². The van der Waals surface area contributed by atoms with Crippen LogP contribution in [0.5, 0.6) is 0 Å². The zero-order valence-corrected chi connectivity index (χ0v) is 9.95. The Morgan fingerprint density at radius 2 is 2.08 bits per heavy atom. The van der Waals surface area contributed by atoms with E-state index in [1.807, 2.05) is 17.5 Å². The van der Waals surface area contributed by atoms with Gasteiger partial charge in [-0.1, -0.05) is 6.07 Å². The highest BCUT2D eigenvalue weighted by molar-refractivity contribution is 9.10. The third-order valence-electron chi connectivity index (χ3n) is 1.78. The molecule has 2 aromatic rings. The summed E-state index contributed by atoms with van der Waals surface area (Å²) in [7, 11) is 0. The van der Waals surface area contributed by atoms with Crippen LogP contribution in [0.1, 0.15) is 15.8 Å². The van der Waals surface area contributed by atoms with Gasteiger partial charge in [0.05, 0.1) is 6.04 Å². The van der Waals surface area contributed by atoms with Crippen LogP contribution >= 0.6 is 38.6 Å². The van der Waals surface area contributed by atoms with E-state index in [0.717, 1.165) is 4.47 Å². The molecule has 0 aliphatic rings. The van der Waals surface area contributed by atoms with Crippen LogP contribution in [0.15, 0.2) is 33.4 Å². The van der Waals surface area contributed by atoms with Crippen molar-refractivity contribution in [3.8, 4) is 0 Å². The standard InChI is InChI=1S/C9H8BrNS2/c10-6-3-5-13-9(6)8(11)7-2-1-4-12-7/h1-5,8H,11H2. The monoisotopic (exact) mass is 273 g/mol. The Bertz CT molecular complexity index is 380. The third kappa shape index (κ3) is 1.86. The van der Waals surface area contributed by atoms with Crippen LogP contribution < -0.4 is 5.73 Å². The highest BCUT2D eigenvalue weighted by Crippen LogP contribution is 2.33. The van der Waals surface area contributed by atoms with Crippen molar-refractivity contribution in [1.29, 1.82) is 0 Å². The van der Waals surface area contributed by atoms with Crippen molar-refractivity contribution >= 4 is 38.6 Å². The first kappa shape index (κ1) is 9.40. The molecule has 4 heteroatoms. The Morgan fingerprint density at radius 1 is 1.23 bits per heavy atom. The summed E-state index contributed by atoms with van der Waals surface area (Å²) in [6.45, 7) is 0. The highest BCUT2D eigenvalue weighted by atomic mass is 79.9. The predicted octanol–water partition coefficient (Wildman–Crippen LogP) is 3.62. The van der Waals surface area contributed by atoms with E-state index in [1.165, 1.54) is 9.75 Å². The van der Waals surface area contributed by atoms with E-state index < -0.39 is 0 Å². The minimum Gasteiger partial charge on any atom is -0.319 e. The maximum atomic E-state index is 6.10. The van der Waals surface area contributed by atoms with E-state index in [0.29, 0.717) is 0 Å². The molecule has 68 valence electrons. The van der Waals surface area contributed by atoms with Crippen LogP contribution in [0.25, 0.3) is 0 Å². The van der Waals surface area contributed by atoms with Crippen molar-refractivity contribution in [3.05, 3.63) is 43.2 Å². The summed E-state index contributed by atoms with van der Waals surface area (Å²) in [6.07, 6.45) is 0. The molecule has 0 aromatic carbocycles. The molecule has 1 unspecified atom stereocenters. The van der Waals surface area contributed by atoms with Crippen molar-refractivity contribution in [2.75, 3.05) is 0 Å². The second-order valence-corrected chi connectivity index (χ2v) is 5.41. The molecule has 0 saturated heterocycles. The largest absolute Gasteiger partial charge is 0.319 e. The minimum absolute atomic E-state index is 0.0226. The van der Waals surface area contributed by atoms with Gasteiger partial charge < -0.3 is 5.73 Å². The number of hydrogen-bond donors (Lipinski definition) is 1. The number of nitrogens with two attached hydrogens (primary N) is 1. The Labute approximate surface area is 93.3 Å². The first-order chi connectivity index (χ1) is 6.29. The topological polar surface area (TPSA) is 26.0 Å². The molecule has 0 radical (unpaired) electrons. The molecule has 2 rings (SSSR count). The Morgan fingerprint density at radius 3 is 2.62 bits per heavy atom. The molecular weight excluding hydrogens is 266 g/mol. The quantitative estimate of drug-likeness (QED) is 0.889. The first-order valence-electron chi connectivity index (χ1n) is 3.81. The number of thiophene rings is 2.